The van der Waals surface area contributed by atoms with Crippen molar-refractivity contribution in [2.45, 2.75) is 30.6 Å². The Balaban J connectivity index is 1.53. The molecule has 29 heavy (non-hydrogen) atoms. The molecule has 0 unspecified atom stereocenters. The van der Waals surface area contributed by atoms with Crippen LogP contribution in [-0.4, -0.2) is 25.9 Å². The minimum absolute atomic E-state index is 0.0704. The van der Waals surface area contributed by atoms with E-state index in [2.05, 4.69) is 5.32 Å². The highest BCUT2D eigenvalue weighted by Crippen LogP contribution is 2.31. The van der Waals surface area contributed by atoms with Gasteiger partial charge in [-0.05, 0) is 67.1 Å². The second-order valence-corrected chi connectivity index (χ2v) is 9.12. The molecule has 0 bridgehead atoms. The third-order valence-electron chi connectivity index (χ3n) is 5.15. The number of hydrogen-bond acceptors (Lipinski definition) is 4. The lowest BCUT2D eigenvalue weighted by Crippen LogP contribution is -2.27. The van der Waals surface area contributed by atoms with Gasteiger partial charge in [0.2, 0.25) is 10.0 Å². The van der Waals surface area contributed by atoms with Crippen LogP contribution in [0.3, 0.4) is 0 Å². The monoisotopic (exact) mass is 429 g/mol. The number of amides is 1. The predicted octanol–water partition coefficient (Wildman–Crippen LogP) is 3.00. The number of aryl methyl sites for hydroxylation is 1. The summed E-state index contributed by atoms with van der Waals surface area (Å²) in [5.74, 6) is -0.140. The van der Waals surface area contributed by atoms with Gasteiger partial charge in [-0.2, -0.15) is 0 Å². The molecule has 1 heterocycles. The first kappa shape index (κ1) is 19.8. The van der Waals surface area contributed by atoms with Gasteiger partial charge in [0.25, 0.3) is 5.91 Å². The third kappa shape index (κ3) is 4.12. The number of nitrogens with two attached hydrogens (primary N) is 1. The van der Waals surface area contributed by atoms with Gasteiger partial charge in [-0.1, -0.05) is 23.7 Å². The van der Waals surface area contributed by atoms with Gasteiger partial charge < -0.3 is 5.32 Å². The fourth-order valence-electron chi connectivity index (χ4n) is 3.75. The van der Waals surface area contributed by atoms with Crippen LogP contribution in [0.25, 0.3) is 10.9 Å². The quantitative estimate of drug-likeness (QED) is 0.650. The molecule has 1 amide bonds. The first-order valence-corrected chi connectivity index (χ1v) is 11.3. The Morgan fingerprint density at radius 3 is 2.62 bits per heavy atom. The van der Waals surface area contributed by atoms with Gasteiger partial charge in [0, 0.05) is 22.6 Å². The molecule has 0 radical (unpaired) electrons. The summed E-state index contributed by atoms with van der Waals surface area (Å²) in [7, 11) is -3.71. The molecular formula is C21H20ClN3O3S. The smallest absolute Gasteiger partial charge is 0.252 e. The van der Waals surface area contributed by atoms with E-state index in [1.807, 2.05) is 6.07 Å². The van der Waals surface area contributed by atoms with E-state index in [1.54, 1.807) is 24.3 Å². The van der Waals surface area contributed by atoms with Crippen molar-refractivity contribution in [3.8, 4) is 0 Å². The number of nitrogens with zero attached hydrogens (tertiary/aromatic N) is 1. The molecule has 0 saturated heterocycles. The molecule has 0 atom stereocenters. The van der Waals surface area contributed by atoms with Crippen molar-refractivity contribution in [1.82, 2.24) is 10.3 Å². The summed E-state index contributed by atoms with van der Waals surface area (Å²) < 4.78 is 22.7. The number of nitrogens with one attached hydrogen (secondary N) is 1. The molecular weight excluding hydrogens is 410 g/mol. The first-order chi connectivity index (χ1) is 13.8. The summed E-state index contributed by atoms with van der Waals surface area (Å²) in [4.78, 5) is 17.8. The molecule has 0 fully saturated rings. The number of benzene rings is 2. The molecule has 1 aromatic heterocycles. The molecule has 0 spiro atoms. The van der Waals surface area contributed by atoms with Crippen LogP contribution < -0.4 is 10.5 Å². The Hall–Kier alpha value is -2.48. The zero-order valence-corrected chi connectivity index (χ0v) is 17.2. The molecule has 8 heteroatoms. The fourth-order valence-corrected chi connectivity index (χ4v) is 4.44. The van der Waals surface area contributed by atoms with E-state index >= 15 is 0 Å². The highest BCUT2D eigenvalue weighted by Gasteiger charge is 2.23. The lowest BCUT2D eigenvalue weighted by atomic mass is 10.0. The Bertz CT molecular complexity index is 1210. The average Bonchev–Trinajstić information content (AvgIpc) is 3.13. The number of carbonyl (C=O) groups excluding carboxylic acids is 1. The van der Waals surface area contributed by atoms with Crippen LogP contribution >= 0.6 is 11.6 Å². The molecule has 0 saturated carbocycles. The summed E-state index contributed by atoms with van der Waals surface area (Å²) >= 11 is 6.16. The SMILES string of the molecule is NS(=O)(=O)c1ccc(CCNC(=O)c2c3c(nc4ccc(Cl)cc24)CCC3)cc1. The molecule has 3 N–H and O–H groups in total. The van der Waals surface area contributed by atoms with Gasteiger partial charge in [0.15, 0.2) is 0 Å². The van der Waals surface area contributed by atoms with Gasteiger partial charge >= 0.3 is 0 Å². The Labute approximate surface area is 174 Å². The van der Waals surface area contributed by atoms with E-state index in [9.17, 15) is 13.2 Å². The maximum absolute atomic E-state index is 13.0. The van der Waals surface area contributed by atoms with Crippen LogP contribution in [0.15, 0.2) is 47.4 Å². The van der Waals surface area contributed by atoms with Crippen LogP contribution in [0.1, 0.15) is 33.6 Å². The zero-order chi connectivity index (χ0) is 20.6. The van der Waals surface area contributed by atoms with Crippen molar-refractivity contribution in [3.63, 3.8) is 0 Å². The minimum atomic E-state index is -3.71. The third-order valence-corrected chi connectivity index (χ3v) is 6.32. The van der Waals surface area contributed by atoms with Crippen LogP contribution in [-0.2, 0) is 29.3 Å². The van der Waals surface area contributed by atoms with Crippen molar-refractivity contribution in [1.29, 1.82) is 0 Å². The highest BCUT2D eigenvalue weighted by molar-refractivity contribution is 7.89. The second kappa shape index (κ2) is 7.74. The van der Waals surface area contributed by atoms with Crippen molar-refractivity contribution in [3.05, 3.63) is 69.9 Å². The number of halogens is 1. The number of primary sulfonamides is 1. The average molecular weight is 430 g/mol. The molecule has 4 rings (SSSR count). The summed E-state index contributed by atoms with van der Waals surface area (Å²) in [5.41, 5.74) is 4.34. The largest absolute Gasteiger partial charge is 0.352 e. The van der Waals surface area contributed by atoms with E-state index in [0.29, 0.717) is 23.6 Å². The van der Waals surface area contributed by atoms with Crippen LogP contribution in [0.2, 0.25) is 5.02 Å². The topological polar surface area (TPSA) is 102 Å². The van der Waals surface area contributed by atoms with Crippen molar-refractivity contribution < 1.29 is 13.2 Å². The Morgan fingerprint density at radius 2 is 1.90 bits per heavy atom. The van der Waals surface area contributed by atoms with Crippen molar-refractivity contribution in [2.24, 2.45) is 5.14 Å². The van der Waals surface area contributed by atoms with E-state index < -0.39 is 10.0 Å². The van der Waals surface area contributed by atoms with Crippen LogP contribution in [0.4, 0.5) is 0 Å². The normalized spacial score (nSPS) is 13.4. The number of carbonyl (C=O) groups is 1. The molecule has 150 valence electrons. The molecule has 0 aliphatic heterocycles. The first-order valence-electron chi connectivity index (χ1n) is 9.34. The Morgan fingerprint density at radius 1 is 1.14 bits per heavy atom. The lowest BCUT2D eigenvalue weighted by molar-refractivity contribution is 0.0955. The van der Waals surface area contributed by atoms with Crippen molar-refractivity contribution >= 4 is 38.4 Å². The molecule has 6 nitrogen and oxygen atoms in total. The summed E-state index contributed by atoms with van der Waals surface area (Å²) in [6, 6.07) is 11.8. The van der Waals surface area contributed by atoms with E-state index in [4.69, 9.17) is 21.7 Å². The van der Waals surface area contributed by atoms with Gasteiger partial charge in [0.05, 0.1) is 16.0 Å². The Kier molecular flexibility index (Phi) is 5.29. The summed E-state index contributed by atoms with van der Waals surface area (Å²) in [6.07, 6.45) is 3.28. The number of pyridine rings is 1. The number of sulfonamides is 1. The summed E-state index contributed by atoms with van der Waals surface area (Å²) in [5, 5.41) is 9.44. The number of rotatable bonds is 5. The predicted molar refractivity (Wildman–Crippen MR) is 113 cm³/mol. The highest BCUT2D eigenvalue weighted by atomic mass is 35.5. The minimum Gasteiger partial charge on any atom is -0.352 e. The van der Waals surface area contributed by atoms with Gasteiger partial charge in [-0.3, -0.25) is 9.78 Å². The molecule has 1 aliphatic carbocycles. The van der Waals surface area contributed by atoms with E-state index in [0.717, 1.165) is 47.0 Å². The number of hydrogen-bond donors (Lipinski definition) is 2. The standard InChI is InChI=1S/C21H20ClN3O3S/c22-14-6-9-19-17(12-14)20(16-2-1-3-18(16)25-19)21(26)24-11-10-13-4-7-15(8-5-13)29(23,27)28/h4-9,12H,1-3,10-11H2,(H,24,26)(H2,23,27,28). The fraction of sp³-hybridized carbons (Fsp3) is 0.238. The van der Waals surface area contributed by atoms with Crippen LogP contribution in [0.5, 0.6) is 0 Å². The zero-order valence-electron chi connectivity index (χ0n) is 15.6. The van der Waals surface area contributed by atoms with Crippen LogP contribution in [0, 0.1) is 0 Å². The van der Waals surface area contributed by atoms with E-state index in [-0.39, 0.29) is 10.8 Å². The molecule has 3 aromatic rings. The van der Waals surface area contributed by atoms with Gasteiger partial charge in [-0.15, -0.1) is 0 Å². The molecule has 2 aromatic carbocycles. The number of aromatic nitrogens is 1. The number of fused-ring (bicyclic) bond motifs is 2. The maximum atomic E-state index is 13.0. The maximum Gasteiger partial charge on any atom is 0.252 e. The second-order valence-electron chi connectivity index (χ2n) is 7.12. The summed E-state index contributed by atoms with van der Waals surface area (Å²) in [6.45, 7) is 0.423. The van der Waals surface area contributed by atoms with Gasteiger partial charge in [0.1, 0.15) is 0 Å². The molecule has 1 aliphatic rings. The van der Waals surface area contributed by atoms with Gasteiger partial charge in [-0.25, -0.2) is 13.6 Å². The van der Waals surface area contributed by atoms with E-state index in [1.165, 1.54) is 12.1 Å². The van der Waals surface area contributed by atoms with Crippen molar-refractivity contribution in [2.75, 3.05) is 6.54 Å². The lowest BCUT2D eigenvalue weighted by Gasteiger charge is -2.13.